The Morgan fingerprint density at radius 2 is 1.70 bits per heavy atom. The molecule has 5 heteroatoms. The largest absolute Gasteiger partial charge is 0.295 e. The van der Waals surface area contributed by atoms with Crippen molar-refractivity contribution in [1.29, 1.82) is 0 Å². The van der Waals surface area contributed by atoms with Crippen LogP contribution in [0.15, 0.2) is 47.4 Å². The zero-order chi connectivity index (χ0) is 17.0. The Hall–Kier alpha value is -1.98. The van der Waals surface area contributed by atoms with Gasteiger partial charge in [-0.1, -0.05) is 35.9 Å². The van der Waals surface area contributed by atoms with Gasteiger partial charge < -0.3 is 0 Å². The third-order valence-corrected chi connectivity index (χ3v) is 5.24. The molecule has 0 aliphatic heterocycles. The number of aryl methyl sites for hydroxylation is 2. The van der Waals surface area contributed by atoms with Crippen molar-refractivity contribution in [2.45, 2.75) is 32.1 Å². The molecule has 0 spiro atoms. The van der Waals surface area contributed by atoms with Gasteiger partial charge in [-0.15, -0.1) is 0 Å². The first-order valence-electron chi connectivity index (χ1n) is 7.46. The number of hydrogen-bond donors (Lipinski definition) is 1. The van der Waals surface area contributed by atoms with Gasteiger partial charge in [-0.25, -0.2) is 13.1 Å². The second-order valence-corrected chi connectivity index (χ2v) is 7.43. The number of hydrogen-bond acceptors (Lipinski definition) is 3. The van der Waals surface area contributed by atoms with Crippen LogP contribution in [0.1, 0.15) is 34.0 Å². The molecule has 2 aromatic rings. The van der Waals surface area contributed by atoms with Crippen LogP contribution in [0.2, 0.25) is 0 Å². The first-order valence-corrected chi connectivity index (χ1v) is 8.95. The molecule has 0 aliphatic rings. The maximum atomic E-state index is 12.3. The predicted molar refractivity (Wildman–Crippen MR) is 91.3 cm³/mol. The van der Waals surface area contributed by atoms with E-state index in [0.717, 1.165) is 16.7 Å². The molecule has 2 aromatic carbocycles. The first-order chi connectivity index (χ1) is 10.8. The van der Waals surface area contributed by atoms with Gasteiger partial charge in [-0.2, -0.15) is 0 Å². The lowest BCUT2D eigenvalue weighted by molar-refractivity contribution is 0.101. The highest BCUT2D eigenvalue weighted by molar-refractivity contribution is 7.89. The fourth-order valence-corrected chi connectivity index (χ4v) is 3.37. The summed E-state index contributed by atoms with van der Waals surface area (Å²) in [4.78, 5) is 11.4. The van der Waals surface area contributed by atoms with Gasteiger partial charge in [0.15, 0.2) is 5.78 Å². The van der Waals surface area contributed by atoms with Crippen LogP contribution in [0.4, 0.5) is 0 Å². The van der Waals surface area contributed by atoms with E-state index in [0.29, 0.717) is 18.5 Å². The second kappa shape index (κ2) is 7.06. The van der Waals surface area contributed by atoms with Gasteiger partial charge in [-0.3, -0.25) is 4.79 Å². The Kier molecular flexibility index (Phi) is 5.34. The summed E-state index contributed by atoms with van der Waals surface area (Å²) in [5.74, 6) is -0.0863. The summed E-state index contributed by atoms with van der Waals surface area (Å²) in [5, 5.41) is 0. The fourth-order valence-electron chi connectivity index (χ4n) is 2.34. The number of rotatable bonds is 6. The lowest BCUT2D eigenvalue weighted by atomic mass is 10.0. The van der Waals surface area contributed by atoms with Gasteiger partial charge in [-0.05, 0) is 50.5 Å². The normalized spacial score (nSPS) is 11.4. The number of carbonyl (C=O) groups is 1. The number of sulfonamides is 1. The van der Waals surface area contributed by atoms with E-state index in [1.54, 1.807) is 0 Å². The highest BCUT2D eigenvalue weighted by atomic mass is 32.2. The highest BCUT2D eigenvalue weighted by Gasteiger charge is 2.14. The Morgan fingerprint density at radius 3 is 2.30 bits per heavy atom. The fraction of sp³-hybridized carbons (Fsp3) is 0.278. The molecule has 0 fully saturated rings. The standard InChI is InChI=1S/C18H21NO3S/c1-13-4-5-14(2)17(12-13)10-11-19-23(21,22)18-8-6-16(7-9-18)15(3)20/h4-9,12,19H,10-11H2,1-3H3. The van der Waals surface area contributed by atoms with Crippen molar-refractivity contribution in [1.82, 2.24) is 4.72 Å². The van der Waals surface area contributed by atoms with Crippen LogP contribution >= 0.6 is 0 Å². The Morgan fingerprint density at radius 1 is 1.04 bits per heavy atom. The SMILES string of the molecule is CC(=O)c1ccc(S(=O)(=O)NCCc2cc(C)ccc2C)cc1. The van der Waals surface area contributed by atoms with E-state index in [9.17, 15) is 13.2 Å². The van der Waals surface area contributed by atoms with Gasteiger partial charge in [0.1, 0.15) is 0 Å². The molecule has 122 valence electrons. The van der Waals surface area contributed by atoms with Crippen molar-refractivity contribution in [3.05, 3.63) is 64.7 Å². The van der Waals surface area contributed by atoms with Gasteiger partial charge in [0.25, 0.3) is 0 Å². The molecular weight excluding hydrogens is 310 g/mol. The van der Waals surface area contributed by atoms with E-state index in [1.807, 2.05) is 26.0 Å². The monoisotopic (exact) mass is 331 g/mol. The van der Waals surface area contributed by atoms with Crippen molar-refractivity contribution in [3.63, 3.8) is 0 Å². The van der Waals surface area contributed by atoms with E-state index in [2.05, 4.69) is 10.8 Å². The predicted octanol–water partition coefficient (Wildman–Crippen LogP) is 3.03. The quantitative estimate of drug-likeness (QED) is 0.828. The molecule has 0 aliphatic carbocycles. The molecule has 1 N–H and O–H groups in total. The molecule has 0 bridgehead atoms. The van der Waals surface area contributed by atoms with Crippen molar-refractivity contribution in [2.24, 2.45) is 0 Å². The number of Topliss-reactive ketones (excluding diaryl/α,β-unsaturated/α-hetero) is 1. The summed E-state index contributed by atoms with van der Waals surface area (Å²) in [6, 6.07) is 12.1. The molecule has 0 saturated carbocycles. The second-order valence-electron chi connectivity index (χ2n) is 5.66. The minimum atomic E-state index is -3.56. The summed E-state index contributed by atoms with van der Waals surface area (Å²) in [5.41, 5.74) is 3.95. The van der Waals surface area contributed by atoms with Crippen molar-refractivity contribution < 1.29 is 13.2 Å². The third-order valence-electron chi connectivity index (χ3n) is 3.76. The topological polar surface area (TPSA) is 63.2 Å². The van der Waals surface area contributed by atoms with Crippen LogP contribution in [0, 0.1) is 13.8 Å². The minimum absolute atomic E-state index is 0.0863. The zero-order valence-corrected chi connectivity index (χ0v) is 14.4. The maximum absolute atomic E-state index is 12.3. The zero-order valence-electron chi connectivity index (χ0n) is 13.6. The van der Waals surface area contributed by atoms with Crippen LogP contribution in [0.3, 0.4) is 0 Å². The van der Waals surface area contributed by atoms with Crippen LogP contribution < -0.4 is 4.72 Å². The molecule has 4 nitrogen and oxygen atoms in total. The number of carbonyl (C=O) groups excluding carboxylic acids is 1. The van der Waals surface area contributed by atoms with Crippen LogP contribution in [-0.2, 0) is 16.4 Å². The van der Waals surface area contributed by atoms with Gasteiger partial charge in [0.05, 0.1) is 4.90 Å². The molecule has 0 radical (unpaired) electrons. The van der Waals surface area contributed by atoms with E-state index < -0.39 is 10.0 Å². The summed E-state index contributed by atoms with van der Waals surface area (Å²) in [7, 11) is -3.56. The van der Waals surface area contributed by atoms with E-state index in [-0.39, 0.29) is 10.7 Å². The minimum Gasteiger partial charge on any atom is -0.295 e. The number of ketones is 1. The van der Waals surface area contributed by atoms with Crippen LogP contribution in [0.25, 0.3) is 0 Å². The van der Waals surface area contributed by atoms with Gasteiger partial charge in [0.2, 0.25) is 10.0 Å². The van der Waals surface area contributed by atoms with Crippen molar-refractivity contribution >= 4 is 15.8 Å². The Bertz CT molecular complexity index is 809. The molecule has 0 saturated heterocycles. The average Bonchev–Trinajstić information content (AvgIpc) is 2.50. The maximum Gasteiger partial charge on any atom is 0.240 e. The molecule has 23 heavy (non-hydrogen) atoms. The molecule has 0 aromatic heterocycles. The lowest BCUT2D eigenvalue weighted by Crippen LogP contribution is -2.26. The number of benzene rings is 2. The smallest absolute Gasteiger partial charge is 0.240 e. The molecule has 0 atom stereocenters. The van der Waals surface area contributed by atoms with E-state index >= 15 is 0 Å². The molecule has 0 heterocycles. The molecular formula is C18H21NO3S. The molecule has 0 unspecified atom stereocenters. The van der Waals surface area contributed by atoms with Crippen LogP contribution in [0.5, 0.6) is 0 Å². The van der Waals surface area contributed by atoms with E-state index in [1.165, 1.54) is 31.2 Å². The molecule has 0 amide bonds. The molecule has 2 rings (SSSR count). The summed E-state index contributed by atoms with van der Waals surface area (Å²) in [6.45, 7) is 5.82. The van der Waals surface area contributed by atoms with E-state index in [4.69, 9.17) is 0 Å². The van der Waals surface area contributed by atoms with Gasteiger partial charge >= 0.3 is 0 Å². The summed E-state index contributed by atoms with van der Waals surface area (Å²) >= 11 is 0. The first kappa shape index (κ1) is 17.4. The third kappa shape index (κ3) is 4.50. The van der Waals surface area contributed by atoms with Crippen molar-refractivity contribution in [3.8, 4) is 0 Å². The Balaban J connectivity index is 2.04. The lowest BCUT2D eigenvalue weighted by Gasteiger charge is -2.09. The summed E-state index contributed by atoms with van der Waals surface area (Å²) in [6.07, 6.45) is 0.637. The van der Waals surface area contributed by atoms with Gasteiger partial charge in [0, 0.05) is 12.1 Å². The average molecular weight is 331 g/mol. The van der Waals surface area contributed by atoms with Crippen LogP contribution in [-0.4, -0.2) is 20.7 Å². The Labute approximate surface area is 137 Å². The highest BCUT2D eigenvalue weighted by Crippen LogP contribution is 2.13. The van der Waals surface area contributed by atoms with Crippen molar-refractivity contribution in [2.75, 3.05) is 6.54 Å². The number of nitrogens with one attached hydrogen (secondary N) is 1. The summed E-state index contributed by atoms with van der Waals surface area (Å²) < 4.78 is 27.1.